The Morgan fingerprint density at radius 2 is 1.06 bits per heavy atom. The van der Waals surface area contributed by atoms with Gasteiger partial charge in [-0.3, -0.25) is 0 Å². The predicted molar refractivity (Wildman–Crippen MR) is 67.9 cm³/mol. The summed E-state index contributed by atoms with van der Waals surface area (Å²) >= 11 is 0. The molecule has 0 heterocycles. The Kier molecular flexibility index (Phi) is 4.90. The monoisotopic (exact) mass is 254 g/mol. The van der Waals surface area contributed by atoms with Crippen molar-refractivity contribution in [1.82, 2.24) is 0 Å². The first-order chi connectivity index (χ1) is 8.74. The number of carbonyl (C=O) groups is 2. The number of rotatable bonds is 4. The van der Waals surface area contributed by atoms with Gasteiger partial charge in [-0.1, -0.05) is 0 Å². The highest BCUT2D eigenvalue weighted by atomic mass is 19.1. The van der Waals surface area contributed by atoms with Crippen LogP contribution >= 0.6 is 0 Å². The molecule has 2 aliphatic carbocycles. The van der Waals surface area contributed by atoms with Crippen molar-refractivity contribution in [2.75, 3.05) is 0 Å². The molecule has 0 amide bonds. The molecule has 18 heavy (non-hydrogen) atoms. The molecule has 0 saturated heterocycles. The van der Waals surface area contributed by atoms with Crippen LogP contribution < -0.4 is 0 Å². The van der Waals surface area contributed by atoms with Gasteiger partial charge in [-0.15, -0.1) is 0 Å². The molecule has 2 fully saturated rings. The second-order valence-electron chi connectivity index (χ2n) is 6.07. The topological polar surface area (TPSA) is 34.1 Å². The highest BCUT2D eigenvalue weighted by molar-refractivity contribution is 5.53. The Balaban J connectivity index is 1.79. The SMILES string of the molecule is O=CC1CCC(C(F)C2CCC(C=O)CC2)CC1. The highest BCUT2D eigenvalue weighted by Gasteiger charge is 2.34. The van der Waals surface area contributed by atoms with E-state index in [0.29, 0.717) is 0 Å². The molecule has 0 N–H and O–H groups in total. The molecule has 0 atom stereocenters. The van der Waals surface area contributed by atoms with E-state index < -0.39 is 6.17 Å². The number of carbonyl (C=O) groups excluding carboxylic acids is 2. The van der Waals surface area contributed by atoms with E-state index in [9.17, 15) is 14.0 Å². The van der Waals surface area contributed by atoms with E-state index in [-0.39, 0.29) is 23.7 Å². The Labute approximate surface area is 108 Å². The van der Waals surface area contributed by atoms with Crippen molar-refractivity contribution < 1.29 is 14.0 Å². The first-order valence-electron chi connectivity index (χ1n) is 7.29. The zero-order valence-electron chi connectivity index (χ0n) is 10.9. The maximum Gasteiger partial charge on any atom is 0.123 e. The minimum absolute atomic E-state index is 0.152. The molecule has 102 valence electrons. The normalized spacial score (nSPS) is 38.9. The fourth-order valence-electron chi connectivity index (χ4n) is 3.58. The second kappa shape index (κ2) is 6.44. The fraction of sp³-hybridized carbons (Fsp3) is 0.867. The van der Waals surface area contributed by atoms with Gasteiger partial charge in [0, 0.05) is 11.8 Å². The molecule has 3 heteroatoms. The van der Waals surface area contributed by atoms with Gasteiger partial charge in [0.15, 0.2) is 0 Å². The Hall–Kier alpha value is -0.730. The van der Waals surface area contributed by atoms with E-state index >= 15 is 0 Å². The molecular weight excluding hydrogens is 231 g/mol. The molecule has 0 aromatic rings. The van der Waals surface area contributed by atoms with Crippen molar-refractivity contribution in [3.63, 3.8) is 0 Å². The van der Waals surface area contributed by atoms with Crippen LogP contribution in [0.25, 0.3) is 0 Å². The third kappa shape index (κ3) is 3.18. The van der Waals surface area contributed by atoms with Crippen molar-refractivity contribution in [2.24, 2.45) is 23.7 Å². The lowest BCUT2D eigenvalue weighted by atomic mass is 9.72. The summed E-state index contributed by atoms with van der Waals surface area (Å²) in [6.07, 6.45) is 8.21. The molecule has 2 nitrogen and oxygen atoms in total. The summed E-state index contributed by atoms with van der Waals surface area (Å²) in [4.78, 5) is 21.4. The maximum atomic E-state index is 14.5. The molecule has 0 unspecified atom stereocenters. The average molecular weight is 254 g/mol. The van der Waals surface area contributed by atoms with Crippen LogP contribution in [-0.2, 0) is 9.59 Å². The van der Waals surface area contributed by atoms with Crippen LogP contribution in [0.15, 0.2) is 0 Å². The van der Waals surface area contributed by atoms with Gasteiger partial charge in [-0.05, 0) is 63.2 Å². The van der Waals surface area contributed by atoms with E-state index in [1.165, 1.54) is 0 Å². The molecule has 0 radical (unpaired) electrons. The molecule has 2 saturated carbocycles. The summed E-state index contributed by atoms with van der Waals surface area (Å²) in [7, 11) is 0. The number of hydrogen-bond donors (Lipinski definition) is 0. The summed E-state index contributed by atoms with van der Waals surface area (Å²) < 4.78 is 14.5. The second-order valence-corrected chi connectivity index (χ2v) is 6.07. The van der Waals surface area contributed by atoms with E-state index in [4.69, 9.17) is 0 Å². The summed E-state index contributed by atoms with van der Waals surface area (Å²) in [5.74, 6) is 0.636. The summed E-state index contributed by atoms with van der Waals surface area (Å²) in [6.45, 7) is 0. The van der Waals surface area contributed by atoms with E-state index in [0.717, 1.165) is 63.9 Å². The Bertz CT molecular complexity index is 248. The lowest BCUT2D eigenvalue weighted by Gasteiger charge is -2.35. The van der Waals surface area contributed by atoms with Crippen molar-refractivity contribution >= 4 is 12.6 Å². The first-order valence-corrected chi connectivity index (χ1v) is 7.29. The number of aldehydes is 2. The van der Waals surface area contributed by atoms with Crippen LogP contribution in [0.4, 0.5) is 4.39 Å². The van der Waals surface area contributed by atoms with E-state index in [1.807, 2.05) is 0 Å². The molecule has 2 rings (SSSR count). The molecule has 0 aromatic carbocycles. The quantitative estimate of drug-likeness (QED) is 0.721. The minimum Gasteiger partial charge on any atom is -0.303 e. The third-order valence-electron chi connectivity index (χ3n) is 4.92. The van der Waals surface area contributed by atoms with Crippen molar-refractivity contribution in [1.29, 1.82) is 0 Å². The van der Waals surface area contributed by atoms with Crippen molar-refractivity contribution in [2.45, 2.75) is 57.5 Å². The zero-order valence-corrected chi connectivity index (χ0v) is 10.9. The fourth-order valence-corrected chi connectivity index (χ4v) is 3.58. The summed E-state index contributed by atoms with van der Waals surface area (Å²) in [6, 6.07) is 0. The van der Waals surface area contributed by atoms with Gasteiger partial charge < -0.3 is 9.59 Å². The number of alkyl halides is 1. The largest absolute Gasteiger partial charge is 0.303 e. The standard InChI is InChI=1S/C15H23FO2/c16-15(13-5-1-11(9-17)2-6-13)14-7-3-12(10-18)4-8-14/h9-15H,1-8H2. The van der Waals surface area contributed by atoms with E-state index in [2.05, 4.69) is 0 Å². The molecule has 0 spiro atoms. The molecule has 0 bridgehead atoms. The third-order valence-corrected chi connectivity index (χ3v) is 4.92. The average Bonchev–Trinajstić information content (AvgIpc) is 2.47. The molecule has 0 aromatic heterocycles. The minimum atomic E-state index is -0.717. The van der Waals surface area contributed by atoms with Crippen LogP contribution in [0.2, 0.25) is 0 Å². The van der Waals surface area contributed by atoms with Crippen LogP contribution in [0, 0.1) is 23.7 Å². The smallest absolute Gasteiger partial charge is 0.123 e. The summed E-state index contributed by atoms with van der Waals surface area (Å²) in [5, 5.41) is 0. The van der Waals surface area contributed by atoms with Crippen LogP contribution in [0.3, 0.4) is 0 Å². The number of hydrogen-bond acceptors (Lipinski definition) is 2. The van der Waals surface area contributed by atoms with Crippen LogP contribution in [0.5, 0.6) is 0 Å². The van der Waals surface area contributed by atoms with Gasteiger partial charge in [-0.2, -0.15) is 0 Å². The molecule has 0 aliphatic heterocycles. The highest BCUT2D eigenvalue weighted by Crippen LogP contribution is 2.39. The maximum absolute atomic E-state index is 14.5. The molecular formula is C15H23FO2. The lowest BCUT2D eigenvalue weighted by molar-refractivity contribution is -0.112. The van der Waals surface area contributed by atoms with Gasteiger partial charge in [0.1, 0.15) is 18.7 Å². The van der Waals surface area contributed by atoms with Gasteiger partial charge in [-0.25, -0.2) is 4.39 Å². The summed E-state index contributed by atoms with van der Waals surface area (Å²) in [5.41, 5.74) is 0. The van der Waals surface area contributed by atoms with E-state index in [1.54, 1.807) is 0 Å². The van der Waals surface area contributed by atoms with Gasteiger partial charge in [0.2, 0.25) is 0 Å². The lowest BCUT2D eigenvalue weighted by Crippen LogP contribution is -2.32. The van der Waals surface area contributed by atoms with Gasteiger partial charge >= 0.3 is 0 Å². The van der Waals surface area contributed by atoms with Gasteiger partial charge in [0.05, 0.1) is 0 Å². The Morgan fingerprint density at radius 1 is 0.722 bits per heavy atom. The van der Waals surface area contributed by atoms with Crippen molar-refractivity contribution in [3.05, 3.63) is 0 Å². The Morgan fingerprint density at radius 3 is 1.33 bits per heavy atom. The molecule has 2 aliphatic rings. The zero-order chi connectivity index (χ0) is 13.0. The number of halogens is 1. The van der Waals surface area contributed by atoms with Crippen molar-refractivity contribution in [3.8, 4) is 0 Å². The predicted octanol–water partition coefficient (Wildman–Crippen LogP) is 3.34. The van der Waals surface area contributed by atoms with Crippen LogP contribution in [0.1, 0.15) is 51.4 Å². The first kappa shape index (κ1) is 13.7. The van der Waals surface area contributed by atoms with Crippen LogP contribution in [-0.4, -0.2) is 18.7 Å². The van der Waals surface area contributed by atoms with Gasteiger partial charge in [0.25, 0.3) is 0 Å².